The number of carbonyl (C=O) groups excluding carboxylic acids is 1. The Kier molecular flexibility index (Phi) is 9.06. The van der Waals surface area contributed by atoms with Crippen molar-refractivity contribution in [3.63, 3.8) is 0 Å². The molecule has 0 aliphatic rings. The molecule has 5 heteroatoms. The van der Waals surface area contributed by atoms with Gasteiger partial charge in [-0.15, -0.1) is 12.4 Å². The normalized spacial score (nSPS) is 9.61. The Balaban J connectivity index is 0.00000289. The molecule has 0 aliphatic heterocycles. The standard InChI is InChI=1S/C13H20N2O2.ClH/c1-2-17-10-8-13(16)15-9-7-11-3-5-12(14)6-4-11;/h3-6H,2,7-10,14H2,1H3,(H,15,16);1H. The summed E-state index contributed by atoms with van der Waals surface area (Å²) in [5, 5.41) is 2.85. The molecule has 0 saturated carbocycles. The summed E-state index contributed by atoms with van der Waals surface area (Å²) in [6, 6.07) is 7.68. The zero-order chi connectivity index (χ0) is 12.5. The van der Waals surface area contributed by atoms with Crippen LogP contribution in [0.5, 0.6) is 0 Å². The second-order valence-electron chi connectivity index (χ2n) is 3.79. The maximum Gasteiger partial charge on any atom is 0.222 e. The highest BCUT2D eigenvalue weighted by molar-refractivity contribution is 5.85. The van der Waals surface area contributed by atoms with Crippen LogP contribution in [0.4, 0.5) is 5.69 Å². The first kappa shape index (κ1) is 16.7. The van der Waals surface area contributed by atoms with E-state index in [-0.39, 0.29) is 18.3 Å². The van der Waals surface area contributed by atoms with Crippen molar-refractivity contribution in [2.45, 2.75) is 19.8 Å². The summed E-state index contributed by atoms with van der Waals surface area (Å²) in [7, 11) is 0. The molecule has 0 aromatic heterocycles. The van der Waals surface area contributed by atoms with Crippen molar-refractivity contribution < 1.29 is 9.53 Å². The average Bonchev–Trinajstić information content (AvgIpc) is 2.32. The smallest absolute Gasteiger partial charge is 0.222 e. The summed E-state index contributed by atoms with van der Waals surface area (Å²) in [6.07, 6.45) is 1.25. The third-order valence-electron chi connectivity index (χ3n) is 2.39. The van der Waals surface area contributed by atoms with Crippen LogP contribution < -0.4 is 11.1 Å². The Hall–Kier alpha value is -1.26. The van der Waals surface area contributed by atoms with Crippen LogP contribution in [0.15, 0.2) is 24.3 Å². The molecule has 18 heavy (non-hydrogen) atoms. The highest BCUT2D eigenvalue weighted by Crippen LogP contribution is 2.05. The van der Waals surface area contributed by atoms with E-state index in [9.17, 15) is 4.79 Å². The van der Waals surface area contributed by atoms with Gasteiger partial charge in [-0.3, -0.25) is 4.79 Å². The average molecular weight is 273 g/mol. The van der Waals surface area contributed by atoms with Crippen molar-refractivity contribution in [2.24, 2.45) is 0 Å². The number of hydrogen-bond acceptors (Lipinski definition) is 3. The number of hydrogen-bond donors (Lipinski definition) is 2. The summed E-state index contributed by atoms with van der Waals surface area (Å²) in [5.41, 5.74) is 7.52. The predicted octanol–water partition coefficient (Wildman–Crippen LogP) is 1.78. The van der Waals surface area contributed by atoms with Crippen molar-refractivity contribution in [3.8, 4) is 0 Å². The molecule has 1 amide bonds. The lowest BCUT2D eigenvalue weighted by Gasteiger charge is -2.05. The van der Waals surface area contributed by atoms with Crippen molar-refractivity contribution >= 4 is 24.0 Å². The van der Waals surface area contributed by atoms with Crippen molar-refractivity contribution in [1.82, 2.24) is 5.32 Å². The predicted molar refractivity (Wildman–Crippen MR) is 75.9 cm³/mol. The third-order valence-corrected chi connectivity index (χ3v) is 2.39. The lowest BCUT2D eigenvalue weighted by Crippen LogP contribution is -2.26. The number of halogens is 1. The molecule has 1 rings (SSSR count). The van der Waals surface area contributed by atoms with Crippen LogP contribution in [0.2, 0.25) is 0 Å². The minimum absolute atomic E-state index is 0. The van der Waals surface area contributed by atoms with E-state index in [0.717, 1.165) is 12.1 Å². The lowest BCUT2D eigenvalue weighted by molar-refractivity contribution is -0.122. The first-order chi connectivity index (χ1) is 8.22. The van der Waals surface area contributed by atoms with Gasteiger partial charge in [0.25, 0.3) is 0 Å². The molecule has 1 aromatic rings. The maximum absolute atomic E-state index is 11.4. The van der Waals surface area contributed by atoms with Crippen LogP contribution in [-0.2, 0) is 16.0 Å². The molecule has 1 aromatic carbocycles. The van der Waals surface area contributed by atoms with Gasteiger partial charge in [-0.25, -0.2) is 0 Å². The van der Waals surface area contributed by atoms with Gasteiger partial charge in [0.05, 0.1) is 6.61 Å². The van der Waals surface area contributed by atoms with Gasteiger partial charge in [0, 0.05) is 25.3 Å². The zero-order valence-electron chi connectivity index (χ0n) is 10.6. The van der Waals surface area contributed by atoms with Crippen molar-refractivity contribution in [3.05, 3.63) is 29.8 Å². The largest absolute Gasteiger partial charge is 0.399 e. The number of amides is 1. The Labute approximate surface area is 114 Å². The summed E-state index contributed by atoms with van der Waals surface area (Å²) in [6.45, 7) is 3.71. The number of benzene rings is 1. The van der Waals surface area contributed by atoms with Gasteiger partial charge in [-0.1, -0.05) is 12.1 Å². The number of nitrogen functional groups attached to an aromatic ring is 1. The second kappa shape index (κ2) is 9.74. The van der Waals surface area contributed by atoms with Gasteiger partial charge in [0.2, 0.25) is 5.91 Å². The van der Waals surface area contributed by atoms with Crippen LogP contribution in [0.1, 0.15) is 18.9 Å². The molecule has 0 fully saturated rings. The number of anilines is 1. The minimum Gasteiger partial charge on any atom is -0.399 e. The highest BCUT2D eigenvalue weighted by atomic mass is 35.5. The van der Waals surface area contributed by atoms with E-state index < -0.39 is 0 Å². The quantitative estimate of drug-likeness (QED) is 0.587. The highest BCUT2D eigenvalue weighted by Gasteiger charge is 2.00. The summed E-state index contributed by atoms with van der Waals surface area (Å²) in [5.74, 6) is 0.0360. The Bertz CT molecular complexity index is 341. The molecule has 102 valence electrons. The number of carbonyl (C=O) groups is 1. The molecule has 4 nitrogen and oxygen atoms in total. The SMILES string of the molecule is CCOCCC(=O)NCCc1ccc(N)cc1.Cl. The van der Waals surface area contributed by atoms with Gasteiger partial charge in [-0.2, -0.15) is 0 Å². The van der Waals surface area contributed by atoms with Crippen molar-refractivity contribution in [1.29, 1.82) is 0 Å². The first-order valence-electron chi connectivity index (χ1n) is 5.91. The van der Waals surface area contributed by atoms with Gasteiger partial charge >= 0.3 is 0 Å². The number of ether oxygens (including phenoxy) is 1. The van der Waals surface area contributed by atoms with Crippen LogP contribution in [0, 0.1) is 0 Å². The van der Waals surface area contributed by atoms with Crippen molar-refractivity contribution in [2.75, 3.05) is 25.5 Å². The van der Waals surface area contributed by atoms with E-state index in [2.05, 4.69) is 5.32 Å². The molecule has 0 unspecified atom stereocenters. The topological polar surface area (TPSA) is 64.3 Å². The fraction of sp³-hybridized carbons (Fsp3) is 0.462. The van der Waals surface area contributed by atoms with E-state index in [4.69, 9.17) is 10.5 Å². The number of nitrogens with two attached hydrogens (primary N) is 1. The van der Waals surface area contributed by atoms with E-state index in [1.54, 1.807) is 0 Å². The Morgan fingerprint density at radius 1 is 1.33 bits per heavy atom. The summed E-state index contributed by atoms with van der Waals surface area (Å²) in [4.78, 5) is 11.4. The Morgan fingerprint density at radius 3 is 2.61 bits per heavy atom. The second-order valence-corrected chi connectivity index (χ2v) is 3.79. The first-order valence-corrected chi connectivity index (χ1v) is 5.91. The molecular weight excluding hydrogens is 252 g/mol. The molecule has 0 bridgehead atoms. The van der Waals surface area contributed by atoms with Gasteiger partial charge in [0.15, 0.2) is 0 Å². The van der Waals surface area contributed by atoms with E-state index >= 15 is 0 Å². The van der Waals surface area contributed by atoms with E-state index in [1.165, 1.54) is 5.56 Å². The van der Waals surface area contributed by atoms with Gasteiger partial charge in [-0.05, 0) is 31.0 Å². The van der Waals surface area contributed by atoms with Crippen LogP contribution in [-0.4, -0.2) is 25.7 Å². The van der Waals surface area contributed by atoms with Gasteiger partial charge in [0.1, 0.15) is 0 Å². The number of rotatable bonds is 7. The Morgan fingerprint density at radius 2 is 2.00 bits per heavy atom. The monoisotopic (exact) mass is 272 g/mol. The molecule has 0 saturated heterocycles. The fourth-order valence-electron chi connectivity index (χ4n) is 1.43. The van der Waals surface area contributed by atoms with Gasteiger partial charge < -0.3 is 15.8 Å². The number of nitrogens with one attached hydrogen (secondary N) is 1. The molecular formula is C13H21ClN2O2. The minimum atomic E-state index is 0. The molecule has 3 N–H and O–H groups in total. The van der Waals surface area contributed by atoms with Crippen LogP contribution in [0.25, 0.3) is 0 Å². The maximum atomic E-state index is 11.4. The molecule has 0 atom stereocenters. The fourth-order valence-corrected chi connectivity index (χ4v) is 1.43. The summed E-state index contributed by atoms with van der Waals surface area (Å²) >= 11 is 0. The lowest BCUT2D eigenvalue weighted by atomic mass is 10.1. The molecule has 0 radical (unpaired) electrons. The van der Waals surface area contributed by atoms with Crippen LogP contribution in [0.3, 0.4) is 0 Å². The van der Waals surface area contributed by atoms with E-state index in [1.807, 2.05) is 31.2 Å². The zero-order valence-corrected chi connectivity index (χ0v) is 11.5. The molecule has 0 heterocycles. The molecule has 0 aliphatic carbocycles. The molecule has 0 spiro atoms. The van der Waals surface area contributed by atoms with E-state index in [0.29, 0.717) is 26.2 Å². The third kappa shape index (κ3) is 7.14. The summed E-state index contributed by atoms with van der Waals surface area (Å²) < 4.78 is 5.11. The van der Waals surface area contributed by atoms with Crippen LogP contribution >= 0.6 is 12.4 Å².